The highest BCUT2D eigenvalue weighted by atomic mass is 79.9. The lowest BCUT2D eigenvalue weighted by Crippen LogP contribution is -2.36. The molecule has 1 unspecified atom stereocenters. The summed E-state index contributed by atoms with van der Waals surface area (Å²) in [6.45, 7) is 2.49. The maximum atomic E-state index is 12.6. The van der Waals surface area contributed by atoms with Crippen LogP contribution in [0.3, 0.4) is 0 Å². The molecule has 1 aliphatic rings. The number of carbonyl (C=O) groups excluding carboxylic acids is 1. The normalized spacial score (nSPS) is 16.7. The number of likely N-dealkylation sites (N-methyl/N-ethyl adjacent to an activating group) is 1. The molecule has 0 saturated carbocycles. The van der Waals surface area contributed by atoms with E-state index in [-0.39, 0.29) is 5.91 Å². The van der Waals surface area contributed by atoms with E-state index in [4.69, 9.17) is 4.84 Å². The van der Waals surface area contributed by atoms with Gasteiger partial charge >= 0.3 is 0 Å². The zero-order valence-electron chi connectivity index (χ0n) is 13.9. The van der Waals surface area contributed by atoms with Crippen molar-refractivity contribution in [2.45, 2.75) is 26.0 Å². The minimum Gasteiger partial charge on any atom is -0.382 e. The van der Waals surface area contributed by atoms with Gasteiger partial charge in [-0.3, -0.25) is 9.48 Å². The summed E-state index contributed by atoms with van der Waals surface area (Å²) in [5.41, 5.74) is 3.83. The quantitative estimate of drug-likeness (QED) is 0.805. The lowest BCUT2D eigenvalue weighted by molar-refractivity contribution is -0.141. The van der Waals surface area contributed by atoms with E-state index in [1.54, 1.807) is 22.8 Å². The van der Waals surface area contributed by atoms with Gasteiger partial charge in [0.05, 0.1) is 11.9 Å². The van der Waals surface area contributed by atoms with E-state index in [1.165, 1.54) is 0 Å². The summed E-state index contributed by atoms with van der Waals surface area (Å²) in [6, 6.07) is 7.82. The molecule has 0 saturated heterocycles. The lowest BCUT2D eigenvalue weighted by Gasteiger charge is -2.19. The van der Waals surface area contributed by atoms with E-state index in [1.807, 2.05) is 38.2 Å². The first-order chi connectivity index (χ1) is 11.5. The summed E-state index contributed by atoms with van der Waals surface area (Å²) in [6.07, 6.45) is 1.70. The molecule has 6 nitrogen and oxygen atoms in total. The molecule has 3 rings (SSSR count). The zero-order valence-corrected chi connectivity index (χ0v) is 15.4. The standard InChI is InChI=1S/C17H19BrN4O2/c1-11-13(9-19-22(11)3)10-21(2)17(23)16-8-15(20-24-16)12-5-4-6-14(18)7-12/h4-7,9,16H,8,10H2,1-3H3. The van der Waals surface area contributed by atoms with Crippen LogP contribution in [-0.2, 0) is 23.2 Å². The highest BCUT2D eigenvalue weighted by Gasteiger charge is 2.31. The van der Waals surface area contributed by atoms with Crippen molar-refractivity contribution in [2.75, 3.05) is 7.05 Å². The van der Waals surface area contributed by atoms with Gasteiger partial charge in [0.2, 0.25) is 6.10 Å². The van der Waals surface area contributed by atoms with Crippen LogP contribution in [0, 0.1) is 6.92 Å². The third kappa shape index (κ3) is 3.36. The highest BCUT2D eigenvalue weighted by molar-refractivity contribution is 9.10. The maximum absolute atomic E-state index is 12.6. The van der Waals surface area contributed by atoms with Crippen LogP contribution < -0.4 is 0 Å². The van der Waals surface area contributed by atoms with E-state index in [0.29, 0.717) is 13.0 Å². The second-order valence-electron chi connectivity index (χ2n) is 5.92. The van der Waals surface area contributed by atoms with Gasteiger partial charge in [0, 0.05) is 48.4 Å². The molecule has 0 aliphatic carbocycles. The number of aryl methyl sites for hydroxylation is 1. The number of nitrogens with zero attached hydrogens (tertiary/aromatic N) is 4. The third-order valence-electron chi connectivity index (χ3n) is 4.22. The van der Waals surface area contributed by atoms with Crippen molar-refractivity contribution < 1.29 is 9.63 Å². The lowest BCUT2D eigenvalue weighted by atomic mass is 10.0. The van der Waals surface area contributed by atoms with Crippen LogP contribution in [0.2, 0.25) is 0 Å². The van der Waals surface area contributed by atoms with Gasteiger partial charge in [0.1, 0.15) is 0 Å². The molecule has 1 aromatic heterocycles. The summed E-state index contributed by atoms with van der Waals surface area (Å²) < 4.78 is 2.77. The number of hydrogen-bond donors (Lipinski definition) is 0. The monoisotopic (exact) mass is 390 g/mol. The number of benzene rings is 1. The van der Waals surface area contributed by atoms with Gasteiger partial charge < -0.3 is 9.74 Å². The Morgan fingerprint density at radius 3 is 2.96 bits per heavy atom. The Labute approximate surface area is 149 Å². The molecule has 0 fully saturated rings. The average molecular weight is 391 g/mol. The molecule has 2 aromatic rings. The van der Waals surface area contributed by atoms with Crippen molar-refractivity contribution in [1.82, 2.24) is 14.7 Å². The Morgan fingerprint density at radius 2 is 2.29 bits per heavy atom. The van der Waals surface area contributed by atoms with Crippen LogP contribution in [0.4, 0.5) is 0 Å². The fourth-order valence-corrected chi connectivity index (χ4v) is 3.03. The number of oxime groups is 1. The fraction of sp³-hybridized carbons (Fsp3) is 0.353. The Balaban J connectivity index is 1.63. The van der Waals surface area contributed by atoms with E-state index < -0.39 is 6.10 Å². The molecule has 7 heteroatoms. The Kier molecular flexibility index (Phi) is 4.71. The smallest absolute Gasteiger partial charge is 0.266 e. The zero-order chi connectivity index (χ0) is 17.3. The second-order valence-corrected chi connectivity index (χ2v) is 6.84. The highest BCUT2D eigenvalue weighted by Crippen LogP contribution is 2.21. The molecule has 0 N–H and O–H groups in total. The van der Waals surface area contributed by atoms with Gasteiger partial charge in [0.25, 0.3) is 5.91 Å². The molecule has 1 atom stereocenters. The molecule has 1 amide bonds. The minimum atomic E-state index is -0.569. The molecule has 1 aliphatic heterocycles. The Bertz CT molecular complexity index is 800. The number of carbonyl (C=O) groups is 1. The van der Waals surface area contributed by atoms with E-state index in [9.17, 15) is 4.79 Å². The number of halogens is 1. The van der Waals surface area contributed by atoms with Crippen LogP contribution in [0.1, 0.15) is 23.2 Å². The van der Waals surface area contributed by atoms with Crippen molar-refractivity contribution in [3.8, 4) is 0 Å². The summed E-state index contributed by atoms with van der Waals surface area (Å²) in [4.78, 5) is 19.6. The molecular weight excluding hydrogens is 372 g/mol. The molecule has 0 bridgehead atoms. The number of hydrogen-bond acceptors (Lipinski definition) is 4. The second kappa shape index (κ2) is 6.76. The first-order valence-electron chi connectivity index (χ1n) is 7.67. The molecular formula is C17H19BrN4O2. The molecule has 0 radical (unpaired) electrons. The number of amides is 1. The van der Waals surface area contributed by atoms with Crippen LogP contribution in [0.5, 0.6) is 0 Å². The maximum Gasteiger partial charge on any atom is 0.266 e. The third-order valence-corrected chi connectivity index (χ3v) is 4.72. The van der Waals surface area contributed by atoms with Crippen LogP contribution >= 0.6 is 15.9 Å². The molecule has 1 aromatic carbocycles. The average Bonchev–Trinajstić information content (AvgIpc) is 3.17. The predicted octanol–water partition coefficient (Wildman–Crippen LogP) is 2.64. The SMILES string of the molecule is Cc1c(CN(C)C(=O)C2CC(c3cccc(Br)c3)=NO2)cnn1C. The van der Waals surface area contributed by atoms with Crippen molar-refractivity contribution in [1.29, 1.82) is 0 Å². The predicted molar refractivity (Wildman–Crippen MR) is 94.6 cm³/mol. The number of rotatable bonds is 4. The van der Waals surface area contributed by atoms with Crippen molar-refractivity contribution in [2.24, 2.45) is 12.2 Å². The topological polar surface area (TPSA) is 59.7 Å². The Hall–Kier alpha value is -2.15. The van der Waals surface area contributed by atoms with E-state index >= 15 is 0 Å². The first-order valence-corrected chi connectivity index (χ1v) is 8.46. The van der Waals surface area contributed by atoms with Crippen LogP contribution in [0.25, 0.3) is 0 Å². The summed E-state index contributed by atoms with van der Waals surface area (Å²) in [7, 11) is 3.66. The fourth-order valence-electron chi connectivity index (χ4n) is 2.63. The number of aromatic nitrogens is 2. The molecule has 0 spiro atoms. The van der Waals surface area contributed by atoms with Crippen LogP contribution in [0.15, 0.2) is 40.1 Å². The summed E-state index contributed by atoms with van der Waals surface area (Å²) >= 11 is 3.44. The van der Waals surface area contributed by atoms with Gasteiger partial charge in [-0.1, -0.05) is 33.2 Å². The molecule has 24 heavy (non-hydrogen) atoms. The van der Waals surface area contributed by atoms with Gasteiger partial charge in [-0.15, -0.1) is 0 Å². The summed E-state index contributed by atoms with van der Waals surface area (Å²) in [5.74, 6) is -0.0769. The van der Waals surface area contributed by atoms with E-state index in [0.717, 1.165) is 27.0 Å². The van der Waals surface area contributed by atoms with Crippen molar-refractivity contribution in [3.63, 3.8) is 0 Å². The summed E-state index contributed by atoms with van der Waals surface area (Å²) in [5, 5.41) is 8.30. The molecule has 2 heterocycles. The molecule has 126 valence electrons. The van der Waals surface area contributed by atoms with E-state index in [2.05, 4.69) is 26.2 Å². The largest absolute Gasteiger partial charge is 0.382 e. The van der Waals surface area contributed by atoms with Crippen molar-refractivity contribution in [3.05, 3.63) is 51.8 Å². The van der Waals surface area contributed by atoms with Gasteiger partial charge in [-0.25, -0.2) is 0 Å². The van der Waals surface area contributed by atoms with Gasteiger partial charge in [-0.2, -0.15) is 5.10 Å². The Morgan fingerprint density at radius 1 is 1.50 bits per heavy atom. The van der Waals surface area contributed by atoms with Gasteiger partial charge in [0.15, 0.2) is 0 Å². The first kappa shape index (κ1) is 16.7. The van der Waals surface area contributed by atoms with Crippen molar-refractivity contribution >= 4 is 27.5 Å². The van der Waals surface area contributed by atoms with Crippen LogP contribution in [-0.4, -0.2) is 39.5 Å². The van der Waals surface area contributed by atoms with Gasteiger partial charge in [-0.05, 0) is 19.1 Å². The minimum absolute atomic E-state index is 0.0769.